The Balaban J connectivity index is 1.72. The predicted molar refractivity (Wildman–Crippen MR) is 109 cm³/mol. The van der Waals surface area contributed by atoms with Gasteiger partial charge in [-0.3, -0.25) is 5.32 Å². The van der Waals surface area contributed by atoms with Crippen LogP contribution in [0.15, 0.2) is 18.2 Å². The van der Waals surface area contributed by atoms with E-state index in [1.54, 1.807) is 0 Å². The first-order chi connectivity index (χ1) is 13.5. The highest BCUT2D eigenvalue weighted by Gasteiger charge is 2.16. The number of hydrogen-bond acceptors (Lipinski definition) is 8. The third-order valence-electron chi connectivity index (χ3n) is 3.97. The number of morpholine rings is 1. The third kappa shape index (κ3) is 5.46. The van der Waals surface area contributed by atoms with E-state index in [1.807, 2.05) is 18.2 Å². The number of urea groups is 1. The highest BCUT2D eigenvalue weighted by atomic mass is 32.1. The quantitative estimate of drug-likeness (QED) is 0.728. The lowest BCUT2D eigenvalue weighted by Gasteiger charge is -2.29. The van der Waals surface area contributed by atoms with E-state index in [2.05, 4.69) is 38.7 Å². The molecule has 0 saturated carbocycles. The van der Waals surface area contributed by atoms with Crippen molar-refractivity contribution < 1.29 is 19.0 Å². The van der Waals surface area contributed by atoms with Crippen molar-refractivity contribution in [1.82, 2.24) is 9.36 Å². The van der Waals surface area contributed by atoms with Crippen molar-refractivity contribution in [3.8, 4) is 11.8 Å². The Labute approximate surface area is 168 Å². The fraction of sp³-hybridized carbons (Fsp3) is 0.500. The minimum absolute atomic E-state index is 0.219. The maximum Gasteiger partial charge on any atom is 0.329 e. The number of nitrogens with zero attached hydrogens (tertiary/aromatic N) is 3. The van der Waals surface area contributed by atoms with Crippen molar-refractivity contribution in [2.75, 3.05) is 55.6 Å². The minimum Gasteiger partial charge on any atom is -0.491 e. The van der Waals surface area contributed by atoms with Gasteiger partial charge in [0.2, 0.25) is 5.13 Å². The lowest BCUT2D eigenvalue weighted by Crippen LogP contribution is -2.36. The second-order valence-electron chi connectivity index (χ2n) is 6.65. The van der Waals surface area contributed by atoms with E-state index >= 15 is 0 Å². The first-order valence-corrected chi connectivity index (χ1v) is 9.87. The first kappa shape index (κ1) is 20.2. The molecule has 0 spiro atoms. The highest BCUT2D eigenvalue weighted by molar-refractivity contribution is 7.10. The van der Waals surface area contributed by atoms with Crippen LogP contribution in [0.25, 0.3) is 0 Å². The second kappa shape index (κ2) is 9.56. The lowest BCUT2D eigenvalue weighted by atomic mass is 10.2. The normalized spacial score (nSPS) is 14.1. The molecule has 10 heteroatoms. The Hall–Kier alpha value is -2.59. The highest BCUT2D eigenvalue weighted by Crippen LogP contribution is 2.31. The predicted octanol–water partition coefficient (Wildman–Crippen LogP) is 3.06. The average molecular weight is 407 g/mol. The molecule has 2 amide bonds. The number of hydrogen-bond donors (Lipinski definition) is 2. The van der Waals surface area contributed by atoms with Crippen molar-refractivity contribution in [3.05, 3.63) is 18.2 Å². The molecule has 0 radical (unpaired) electrons. The van der Waals surface area contributed by atoms with Gasteiger partial charge in [-0.05, 0) is 18.1 Å². The molecule has 2 aromatic rings. The molecule has 2 heterocycles. The fourth-order valence-corrected chi connectivity index (χ4v) is 3.14. The third-order valence-corrected chi connectivity index (χ3v) is 4.59. The smallest absolute Gasteiger partial charge is 0.329 e. The van der Waals surface area contributed by atoms with E-state index in [9.17, 15) is 4.79 Å². The van der Waals surface area contributed by atoms with Crippen LogP contribution in [-0.2, 0) is 4.74 Å². The van der Waals surface area contributed by atoms with Gasteiger partial charge in [0.25, 0.3) is 0 Å². The van der Waals surface area contributed by atoms with Gasteiger partial charge in [-0.2, -0.15) is 4.98 Å². The van der Waals surface area contributed by atoms with Gasteiger partial charge in [0.1, 0.15) is 5.75 Å². The van der Waals surface area contributed by atoms with Gasteiger partial charge in [0, 0.05) is 36.4 Å². The molecule has 1 saturated heterocycles. The standard InChI is InChI=1S/C18H25N5O4S/c1-12(2)11-27-15-10-13(23-6-8-26-9-7-23)4-5-14(15)19-16(24)20-18-21-17(25-3)22-28-18/h4-5,10,12H,6-9,11H2,1-3H3,(H2,19,20,21,22,24). The maximum absolute atomic E-state index is 12.3. The molecule has 152 valence electrons. The molecule has 2 N–H and O–H groups in total. The number of rotatable bonds is 7. The number of nitrogens with one attached hydrogen (secondary N) is 2. The largest absolute Gasteiger partial charge is 0.491 e. The topological polar surface area (TPSA) is 97.8 Å². The van der Waals surface area contributed by atoms with E-state index < -0.39 is 6.03 Å². The molecule has 1 aromatic carbocycles. The molecular formula is C18H25N5O4S. The van der Waals surface area contributed by atoms with Gasteiger partial charge in [0.15, 0.2) is 0 Å². The van der Waals surface area contributed by atoms with Crippen molar-refractivity contribution in [2.24, 2.45) is 5.92 Å². The number of benzene rings is 1. The number of carbonyl (C=O) groups is 1. The van der Waals surface area contributed by atoms with E-state index in [4.69, 9.17) is 14.2 Å². The summed E-state index contributed by atoms with van der Waals surface area (Å²) in [5.41, 5.74) is 1.63. The minimum atomic E-state index is -0.424. The van der Waals surface area contributed by atoms with Crippen LogP contribution in [-0.4, -0.2) is 55.4 Å². The average Bonchev–Trinajstić information content (AvgIpc) is 3.15. The number of amides is 2. The number of ether oxygens (including phenoxy) is 3. The maximum atomic E-state index is 12.3. The summed E-state index contributed by atoms with van der Waals surface area (Å²) in [6.07, 6.45) is 0. The Morgan fingerprint density at radius 2 is 2.11 bits per heavy atom. The van der Waals surface area contributed by atoms with Gasteiger partial charge >= 0.3 is 12.0 Å². The van der Waals surface area contributed by atoms with E-state index in [-0.39, 0.29) is 6.01 Å². The second-order valence-corrected chi connectivity index (χ2v) is 7.40. The van der Waals surface area contributed by atoms with Gasteiger partial charge in [-0.15, -0.1) is 4.37 Å². The van der Waals surface area contributed by atoms with E-state index in [0.717, 1.165) is 30.3 Å². The first-order valence-electron chi connectivity index (χ1n) is 9.10. The zero-order chi connectivity index (χ0) is 19.9. The Morgan fingerprint density at radius 1 is 1.32 bits per heavy atom. The summed E-state index contributed by atoms with van der Waals surface area (Å²) >= 11 is 1.04. The molecule has 1 aliphatic rings. The van der Waals surface area contributed by atoms with Crippen molar-refractivity contribution in [2.45, 2.75) is 13.8 Å². The van der Waals surface area contributed by atoms with Crippen LogP contribution in [0.5, 0.6) is 11.8 Å². The molecule has 3 rings (SSSR count). The molecule has 28 heavy (non-hydrogen) atoms. The zero-order valence-electron chi connectivity index (χ0n) is 16.2. The summed E-state index contributed by atoms with van der Waals surface area (Å²) in [4.78, 5) is 18.6. The fourth-order valence-electron chi connectivity index (χ4n) is 2.60. The van der Waals surface area contributed by atoms with Crippen LogP contribution in [0.4, 0.5) is 21.3 Å². The number of aromatic nitrogens is 2. The summed E-state index contributed by atoms with van der Waals surface area (Å²) in [5, 5.41) is 5.82. The van der Waals surface area contributed by atoms with Crippen LogP contribution < -0.4 is 25.0 Å². The van der Waals surface area contributed by atoms with Crippen molar-refractivity contribution in [1.29, 1.82) is 0 Å². The van der Waals surface area contributed by atoms with Crippen LogP contribution in [0.1, 0.15) is 13.8 Å². The lowest BCUT2D eigenvalue weighted by molar-refractivity contribution is 0.122. The van der Waals surface area contributed by atoms with Crippen LogP contribution in [0, 0.1) is 5.92 Å². The number of methoxy groups -OCH3 is 1. The molecule has 1 fully saturated rings. The summed E-state index contributed by atoms with van der Waals surface area (Å²) in [7, 11) is 1.47. The van der Waals surface area contributed by atoms with E-state index in [1.165, 1.54) is 7.11 Å². The summed E-state index contributed by atoms with van der Waals surface area (Å²) in [5.74, 6) is 0.991. The number of carbonyl (C=O) groups excluding carboxylic acids is 1. The molecule has 1 aliphatic heterocycles. The molecular weight excluding hydrogens is 382 g/mol. The van der Waals surface area contributed by atoms with Crippen molar-refractivity contribution >= 4 is 34.1 Å². The van der Waals surface area contributed by atoms with Gasteiger partial charge in [0.05, 0.1) is 32.6 Å². The molecule has 9 nitrogen and oxygen atoms in total. The zero-order valence-corrected chi connectivity index (χ0v) is 17.0. The number of anilines is 3. The molecule has 0 aliphatic carbocycles. The van der Waals surface area contributed by atoms with Gasteiger partial charge in [-0.1, -0.05) is 13.8 Å². The Kier molecular flexibility index (Phi) is 6.88. The van der Waals surface area contributed by atoms with Crippen LogP contribution in [0.3, 0.4) is 0 Å². The van der Waals surface area contributed by atoms with Crippen LogP contribution in [0.2, 0.25) is 0 Å². The van der Waals surface area contributed by atoms with Crippen molar-refractivity contribution in [3.63, 3.8) is 0 Å². The SMILES string of the molecule is COc1nsc(NC(=O)Nc2ccc(N3CCOCC3)cc2OCC(C)C)n1. The summed E-state index contributed by atoms with van der Waals surface area (Å²) in [6.45, 7) is 7.77. The van der Waals surface area contributed by atoms with Crippen LogP contribution >= 0.6 is 11.5 Å². The Morgan fingerprint density at radius 3 is 2.79 bits per heavy atom. The molecule has 0 bridgehead atoms. The molecule has 0 unspecified atom stereocenters. The molecule has 1 aromatic heterocycles. The summed E-state index contributed by atoms with van der Waals surface area (Å²) in [6, 6.07) is 5.57. The van der Waals surface area contributed by atoms with Gasteiger partial charge < -0.3 is 24.4 Å². The van der Waals surface area contributed by atoms with Gasteiger partial charge in [-0.25, -0.2) is 4.79 Å². The van der Waals surface area contributed by atoms with E-state index in [0.29, 0.717) is 42.3 Å². The molecule has 0 atom stereocenters. The Bertz CT molecular complexity index is 792. The summed E-state index contributed by atoms with van der Waals surface area (Å²) < 4.78 is 20.2. The monoisotopic (exact) mass is 407 g/mol.